The number of rotatable bonds is 4. The number of non-ortho nitro benzene ring substituents is 1. The zero-order valence-corrected chi connectivity index (χ0v) is 12.5. The summed E-state index contributed by atoms with van der Waals surface area (Å²) in [4.78, 5) is 10.4. The van der Waals surface area contributed by atoms with E-state index in [0.717, 1.165) is 12.0 Å². The molecule has 0 radical (unpaired) electrons. The van der Waals surface area contributed by atoms with Gasteiger partial charge in [-0.15, -0.1) is 0 Å². The zero-order chi connectivity index (χ0) is 15.0. The van der Waals surface area contributed by atoms with Crippen LogP contribution in [-0.4, -0.2) is 22.2 Å². The summed E-state index contributed by atoms with van der Waals surface area (Å²) < 4.78 is 6.03. The second-order valence-corrected chi connectivity index (χ2v) is 6.53. The Bertz CT molecular complexity index is 512. The van der Waals surface area contributed by atoms with Crippen LogP contribution in [0.5, 0.6) is 0 Å². The molecule has 2 rings (SSSR count). The predicted octanol–water partition coefficient (Wildman–Crippen LogP) is 3.03. The highest BCUT2D eigenvalue weighted by atomic mass is 16.6. The average molecular weight is 278 g/mol. The number of hydrogen-bond acceptors (Lipinski definition) is 4. The summed E-state index contributed by atoms with van der Waals surface area (Å²) in [5.41, 5.74) is 0.680. The van der Waals surface area contributed by atoms with Crippen molar-refractivity contribution in [1.29, 1.82) is 0 Å². The molecule has 1 atom stereocenters. The van der Waals surface area contributed by atoms with E-state index in [0.29, 0.717) is 6.54 Å². The number of nitro benzene ring substituents is 1. The second-order valence-electron chi connectivity index (χ2n) is 6.53. The van der Waals surface area contributed by atoms with E-state index in [1.54, 1.807) is 12.1 Å². The number of benzene rings is 1. The fourth-order valence-corrected chi connectivity index (χ4v) is 2.90. The Morgan fingerprint density at radius 1 is 1.40 bits per heavy atom. The molecule has 1 unspecified atom stereocenters. The topological polar surface area (TPSA) is 64.4 Å². The first-order valence-corrected chi connectivity index (χ1v) is 6.86. The minimum Gasteiger partial charge on any atom is -0.368 e. The number of ether oxygens (including phenoxy) is 1. The number of hydrogen-bond donors (Lipinski definition) is 1. The number of nitrogens with one attached hydrogen (secondary N) is 1. The third kappa shape index (κ3) is 3.35. The Morgan fingerprint density at radius 3 is 2.65 bits per heavy atom. The van der Waals surface area contributed by atoms with Crippen LogP contribution in [0, 0.1) is 10.1 Å². The summed E-state index contributed by atoms with van der Waals surface area (Å²) in [6.07, 6.45) is 0.926. The van der Waals surface area contributed by atoms with Crippen molar-refractivity contribution in [2.24, 2.45) is 0 Å². The van der Waals surface area contributed by atoms with Crippen molar-refractivity contribution in [2.45, 2.75) is 57.9 Å². The molecule has 110 valence electrons. The van der Waals surface area contributed by atoms with E-state index in [1.807, 2.05) is 6.07 Å². The van der Waals surface area contributed by atoms with Gasteiger partial charge in [0.15, 0.2) is 0 Å². The Labute approximate surface area is 119 Å². The third-order valence-electron chi connectivity index (χ3n) is 3.75. The summed E-state index contributed by atoms with van der Waals surface area (Å²) in [6.45, 7) is 8.93. The molecule has 0 aliphatic carbocycles. The number of nitro groups is 1. The van der Waals surface area contributed by atoms with E-state index in [1.165, 1.54) is 6.07 Å². The first-order chi connectivity index (χ1) is 9.20. The molecule has 1 N–H and O–H groups in total. The van der Waals surface area contributed by atoms with Crippen molar-refractivity contribution in [2.75, 3.05) is 0 Å². The van der Waals surface area contributed by atoms with E-state index in [-0.39, 0.29) is 27.9 Å². The van der Waals surface area contributed by atoms with Gasteiger partial charge in [0.05, 0.1) is 16.1 Å². The molecule has 0 bridgehead atoms. The fraction of sp³-hybridized carbons (Fsp3) is 0.600. The Hall–Kier alpha value is -1.46. The molecule has 5 nitrogen and oxygen atoms in total. The minimum absolute atomic E-state index is 0.131. The van der Waals surface area contributed by atoms with Gasteiger partial charge in [-0.3, -0.25) is 10.1 Å². The molecule has 5 heteroatoms. The Kier molecular flexibility index (Phi) is 3.84. The largest absolute Gasteiger partial charge is 0.368 e. The van der Waals surface area contributed by atoms with Crippen molar-refractivity contribution >= 4 is 5.69 Å². The molecule has 0 amide bonds. The van der Waals surface area contributed by atoms with Gasteiger partial charge in [0.1, 0.15) is 0 Å². The second kappa shape index (κ2) is 5.14. The lowest BCUT2D eigenvalue weighted by Gasteiger charge is -2.27. The average Bonchev–Trinajstić information content (AvgIpc) is 2.54. The quantitative estimate of drug-likeness (QED) is 0.679. The molecule has 1 aliphatic heterocycles. The van der Waals surface area contributed by atoms with Gasteiger partial charge in [-0.2, -0.15) is 0 Å². The molecule has 1 heterocycles. The number of nitrogens with zero attached hydrogens (tertiary/aromatic N) is 1. The van der Waals surface area contributed by atoms with Gasteiger partial charge in [0.2, 0.25) is 0 Å². The molecule has 1 saturated heterocycles. The van der Waals surface area contributed by atoms with Crippen molar-refractivity contribution < 1.29 is 9.66 Å². The first kappa shape index (κ1) is 14.9. The van der Waals surface area contributed by atoms with E-state index in [2.05, 4.69) is 33.0 Å². The fourth-order valence-electron chi connectivity index (χ4n) is 2.90. The summed E-state index contributed by atoms with van der Waals surface area (Å²) >= 11 is 0. The maximum atomic E-state index is 10.8. The van der Waals surface area contributed by atoms with Gasteiger partial charge in [-0.25, -0.2) is 0 Å². The molecule has 1 aromatic carbocycles. The summed E-state index contributed by atoms with van der Waals surface area (Å²) in [5.74, 6) is 0. The summed E-state index contributed by atoms with van der Waals surface area (Å²) in [7, 11) is 0. The molecule has 1 fully saturated rings. The molecular weight excluding hydrogens is 256 g/mol. The van der Waals surface area contributed by atoms with Crippen molar-refractivity contribution in [3.05, 3.63) is 39.9 Å². The van der Waals surface area contributed by atoms with Crippen LogP contribution in [0.25, 0.3) is 0 Å². The standard InChI is InChI=1S/C15H22N2O3/c1-14(2)9-13(15(3,4)20-14)16-10-11-6-5-7-12(8-11)17(18)19/h5-8,13,16H,9-10H2,1-4H3. The lowest BCUT2D eigenvalue weighted by molar-refractivity contribution is -0.384. The molecule has 0 spiro atoms. The monoisotopic (exact) mass is 278 g/mol. The summed E-state index contributed by atoms with van der Waals surface area (Å²) in [6, 6.07) is 6.97. The van der Waals surface area contributed by atoms with Crippen LogP contribution in [0.15, 0.2) is 24.3 Å². The normalized spacial score (nSPS) is 23.7. The van der Waals surface area contributed by atoms with E-state index in [4.69, 9.17) is 4.74 Å². The van der Waals surface area contributed by atoms with Crippen LogP contribution < -0.4 is 5.32 Å². The van der Waals surface area contributed by atoms with Gasteiger partial charge in [-0.05, 0) is 39.7 Å². The van der Waals surface area contributed by atoms with Gasteiger partial charge in [0.25, 0.3) is 5.69 Å². The van der Waals surface area contributed by atoms with Crippen molar-refractivity contribution in [3.8, 4) is 0 Å². The lowest BCUT2D eigenvalue weighted by atomic mass is 9.94. The van der Waals surface area contributed by atoms with Gasteiger partial charge < -0.3 is 10.1 Å². The highest BCUT2D eigenvalue weighted by molar-refractivity contribution is 5.34. The van der Waals surface area contributed by atoms with Crippen LogP contribution in [0.2, 0.25) is 0 Å². The van der Waals surface area contributed by atoms with Crippen LogP contribution in [-0.2, 0) is 11.3 Å². The van der Waals surface area contributed by atoms with Gasteiger partial charge in [-0.1, -0.05) is 12.1 Å². The van der Waals surface area contributed by atoms with Crippen LogP contribution in [0.1, 0.15) is 39.7 Å². The summed E-state index contributed by atoms with van der Waals surface area (Å²) in [5, 5.41) is 14.2. The van der Waals surface area contributed by atoms with Gasteiger partial charge in [0, 0.05) is 24.7 Å². The van der Waals surface area contributed by atoms with E-state index >= 15 is 0 Å². The van der Waals surface area contributed by atoms with Crippen LogP contribution in [0.4, 0.5) is 5.69 Å². The minimum atomic E-state index is -0.366. The highest BCUT2D eigenvalue weighted by Gasteiger charge is 2.45. The highest BCUT2D eigenvalue weighted by Crippen LogP contribution is 2.37. The zero-order valence-electron chi connectivity index (χ0n) is 12.5. The molecule has 0 aromatic heterocycles. The van der Waals surface area contributed by atoms with E-state index in [9.17, 15) is 10.1 Å². The molecule has 20 heavy (non-hydrogen) atoms. The molecule has 1 aliphatic rings. The Balaban J connectivity index is 2.02. The van der Waals surface area contributed by atoms with Crippen molar-refractivity contribution in [3.63, 3.8) is 0 Å². The van der Waals surface area contributed by atoms with Crippen LogP contribution in [0.3, 0.4) is 0 Å². The molecular formula is C15H22N2O3. The smallest absolute Gasteiger partial charge is 0.269 e. The van der Waals surface area contributed by atoms with Crippen molar-refractivity contribution in [1.82, 2.24) is 5.32 Å². The van der Waals surface area contributed by atoms with Crippen LogP contribution >= 0.6 is 0 Å². The molecule has 1 aromatic rings. The Morgan fingerprint density at radius 2 is 2.10 bits per heavy atom. The maximum absolute atomic E-state index is 10.8. The third-order valence-corrected chi connectivity index (χ3v) is 3.75. The molecule has 0 saturated carbocycles. The maximum Gasteiger partial charge on any atom is 0.269 e. The predicted molar refractivity (Wildman–Crippen MR) is 77.6 cm³/mol. The SMILES string of the molecule is CC1(C)CC(NCc2cccc([N+](=O)[O-])c2)C(C)(C)O1. The first-order valence-electron chi connectivity index (χ1n) is 6.86. The lowest BCUT2D eigenvalue weighted by Crippen LogP contribution is -2.42. The van der Waals surface area contributed by atoms with E-state index < -0.39 is 0 Å². The van der Waals surface area contributed by atoms with Gasteiger partial charge >= 0.3 is 0 Å².